The molecule has 158 valence electrons. The number of halogens is 2. The molecule has 0 fully saturated rings. The second-order valence-corrected chi connectivity index (χ2v) is 8.66. The molecule has 0 bridgehead atoms. The van der Waals surface area contributed by atoms with Crippen LogP contribution in [0.15, 0.2) is 48.7 Å². The van der Waals surface area contributed by atoms with Crippen LogP contribution in [-0.4, -0.2) is 30.0 Å². The van der Waals surface area contributed by atoms with Gasteiger partial charge in [0, 0.05) is 46.2 Å². The van der Waals surface area contributed by atoms with Gasteiger partial charge in [-0.3, -0.25) is 4.79 Å². The number of nitrogens with two attached hydrogens (primary N) is 1. The highest BCUT2D eigenvalue weighted by Gasteiger charge is 2.26. The Balaban J connectivity index is 1.84. The largest absolute Gasteiger partial charge is 0.369 e. The van der Waals surface area contributed by atoms with Gasteiger partial charge in [-0.2, -0.15) is 0 Å². The van der Waals surface area contributed by atoms with E-state index in [4.69, 9.17) is 28.9 Å². The van der Waals surface area contributed by atoms with Crippen molar-refractivity contribution in [1.29, 1.82) is 0 Å². The number of fused-ring (bicyclic) bond motifs is 1. The lowest BCUT2D eigenvalue weighted by Crippen LogP contribution is -2.46. The fourth-order valence-corrected chi connectivity index (χ4v) is 3.74. The first-order valence-electron chi connectivity index (χ1n) is 9.51. The monoisotopic (exact) mass is 446 g/mol. The lowest BCUT2D eigenvalue weighted by molar-refractivity contribution is -0.125. The molecule has 8 heteroatoms. The number of primary amides is 1. The molecule has 0 aliphatic rings. The van der Waals surface area contributed by atoms with E-state index in [0.717, 1.165) is 22.0 Å². The van der Waals surface area contributed by atoms with Crippen LogP contribution in [0, 0.1) is 5.41 Å². The molecular weight excluding hydrogens is 423 g/mol. The first kappa shape index (κ1) is 22.0. The normalized spacial score (nSPS) is 12.5. The third-order valence-electron chi connectivity index (χ3n) is 5.16. The quantitative estimate of drug-likeness (QED) is 0.431. The average molecular weight is 447 g/mol. The van der Waals surface area contributed by atoms with Crippen LogP contribution in [0.25, 0.3) is 10.9 Å². The van der Waals surface area contributed by atoms with E-state index in [-0.39, 0.29) is 18.5 Å². The summed E-state index contributed by atoms with van der Waals surface area (Å²) < 4.78 is 0. The number of amides is 3. The number of benzene rings is 2. The SMILES string of the molecule is CC(C)(CNC(=O)NCC(c1ccc(Cl)cc1Cl)c1c[nH]c2ccccc12)C(N)=O. The summed E-state index contributed by atoms with van der Waals surface area (Å²) in [4.78, 5) is 27.1. The maximum absolute atomic E-state index is 12.4. The average Bonchev–Trinajstić information content (AvgIpc) is 3.12. The smallest absolute Gasteiger partial charge is 0.314 e. The van der Waals surface area contributed by atoms with E-state index >= 15 is 0 Å². The minimum atomic E-state index is -0.840. The number of aromatic amines is 1. The summed E-state index contributed by atoms with van der Waals surface area (Å²) in [7, 11) is 0. The predicted molar refractivity (Wildman–Crippen MR) is 121 cm³/mol. The molecule has 3 rings (SSSR count). The van der Waals surface area contributed by atoms with Gasteiger partial charge in [-0.15, -0.1) is 0 Å². The van der Waals surface area contributed by atoms with Crippen molar-refractivity contribution in [3.05, 3.63) is 69.8 Å². The molecule has 0 aliphatic heterocycles. The highest BCUT2D eigenvalue weighted by molar-refractivity contribution is 6.35. The molecule has 1 atom stereocenters. The van der Waals surface area contributed by atoms with Gasteiger partial charge in [0.05, 0.1) is 5.41 Å². The first-order chi connectivity index (χ1) is 14.2. The third kappa shape index (κ3) is 4.89. The number of rotatable bonds is 7. The molecule has 2 aromatic carbocycles. The zero-order chi connectivity index (χ0) is 21.9. The molecule has 0 radical (unpaired) electrons. The maximum atomic E-state index is 12.4. The molecular formula is C22H24Cl2N4O2. The second-order valence-electron chi connectivity index (χ2n) is 7.82. The van der Waals surface area contributed by atoms with Crippen molar-refractivity contribution < 1.29 is 9.59 Å². The van der Waals surface area contributed by atoms with Crippen LogP contribution in [0.5, 0.6) is 0 Å². The van der Waals surface area contributed by atoms with Crippen LogP contribution in [0.1, 0.15) is 30.9 Å². The van der Waals surface area contributed by atoms with Crippen molar-refractivity contribution in [2.24, 2.45) is 11.1 Å². The van der Waals surface area contributed by atoms with Crippen molar-refractivity contribution in [3.8, 4) is 0 Å². The summed E-state index contributed by atoms with van der Waals surface area (Å²) in [6.07, 6.45) is 1.93. The van der Waals surface area contributed by atoms with Crippen molar-refractivity contribution >= 4 is 46.0 Å². The van der Waals surface area contributed by atoms with Crippen molar-refractivity contribution in [2.75, 3.05) is 13.1 Å². The van der Waals surface area contributed by atoms with E-state index in [9.17, 15) is 9.59 Å². The number of hydrogen-bond acceptors (Lipinski definition) is 2. The van der Waals surface area contributed by atoms with Crippen LogP contribution >= 0.6 is 23.2 Å². The second kappa shape index (κ2) is 8.98. The highest BCUT2D eigenvalue weighted by atomic mass is 35.5. The molecule has 3 amide bonds. The number of para-hydroxylation sites is 1. The molecule has 0 saturated heterocycles. The molecule has 0 aliphatic carbocycles. The Kier molecular flexibility index (Phi) is 6.58. The number of hydrogen-bond donors (Lipinski definition) is 4. The Morgan fingerprint density at radius 2 is 1.83 bits per heavy atom. The third-order valence-corrected chi connectivity index (χ3v) is 5.72. The topological polar surface area (TPSA) is 100 Å². The Hall–Kier alpha value is -2.70. The minimum Gasteiger partial charge on any atom is -0.369 e. The molecule has 1 unspecified atom stereocenters. The fourth-order valence-electron chi connectivity index (χ4n) is 3.20. The number of urea groups is 1. The number of H-pyrrole nitrogens is 1. The van der Waals surface area contributed by atoms with Gasteiger partial charge in [-0.25, -0.2) is 4.79 Å². The molecule has 3 aromatic rings. The molecule has 0 spiro atoms. The van der Waals surface area contributed by atoms with E-state index in [1.807, 2.05) is 36.5 Å². The standard InChI is InChI=1S/C22H24Cl2N4O2/c1-22(2,20(25)29)12-28-21(30)27-11-16(14-8-7-13(23)9-18(14)24)17-10-26-19-6-4-3-5-15(17)19/h3-10,16,26H,11-12H2,1-2H3,(H2,25,29)(H2,27,28,30). The van der Waals surface area contributed by atoms with Gasteiger partial charge >= 0.3 is 6.03 Å². The summed E-state index contributed by atoms with van der Waals surface area (Å²) >= 11 is 12.6. The zero-order valence-electron chi connectivity index (χ0n) is 16.8. The van der Waals surface area contributed by atoms with E-state index in [1.165, 1.54) is 0 Å². The van der Waals surface area contributed by atoms with Gasteiger partial charge in [0.2, 0.25) is 5.91 Å². The van der Waals surface area contributed by atoms with Crippen LogP contribution in [0.2, 0.25) is 10.0 Å². The van der Waals surface area contributed by atoms with Crippen LogP contribution in [-0.2, 0) is 4.79 Å². The van der Waals surface area contributed by atoms with Gasteiger partial charge in [0.15, 0.2) is 0 Å². The maximum Gasteiger partial charge on any atom is 0.314 e. The molecule has 0 saturated carbocycles. The molecule has 30 heavy (non-hydrogen) atoms. The van der Waals surface area contributed by atoms with Crippen molar-refractivity contribution in [2.45, 2.75) is 19.8 Å². The Bertz CT molecular complexity index is 1080. The van der Waals surface area contributed by atoms with Gasteiger partial charge < -0.3 is 21.4 Å². The summed E-state index contributed by atoms with van der Waals surface area (Å²) in [6, 6.07) is 12.9. The van der Waals surface area contributed by atoms with Crippen LogP contribution in [0.3, 0.4) is 0 Å². The lowest BCUT2D eigenvalue weighted by Gasteiger charge is -2.22. The molecule has 5 N–H and O–H groups in total. The summed E-state index contributed by atoms with van der Waals surface area (Å²) in [5, 5.41) is 7.70. The van der Waals surface area contributed by atoms with E-state index in [1.54, 1.807) is 26.0 Å². The Morgan fingerprint density at radius 3 is 2.53 bits per heavy atom. The molecule has 1 aromatic heterocycles. The minimum absolute atomic E-state index is 0.133. The predicted octanol–water partition coefficient (Wildman–Crippen LogP) is 4.42. The fraction of sp³-hybridized carbons (Fsp3) is 0.273. The van der Waals surface area contributed by atoms with E-state index in [2.05, 4.69) is 15.6 Å². The van der Waals surface area contributed by atoms with Crippen molar-refractivity contribution in [1.82, 2.24) is 15.6 Å². The summed E-state index contributed by atoms with van der Waals surface area (Å²) in [6.45, 7) is 3.79. The van der Waals surface area contributed by atoms with Gasteiger partial charge in [0.25, 0.3) is 0 Å². The van der Waals surface area contributed by atoms with Crippen LogP contribution in [0.4, 0.5) is 4.79 Å². The number of carbonyl (C=O) groups is 2. The number of aromatic nitrogens is 1. The molecule has 1 heterocycles. The Labute approximate surface area is 185 Å². The summed E-state index contributed by atoms with van der Waals surface area (Å²) in [5.74, 6) is -0.687. The van der Waals surface area contributed by atoms with Crippen LogP contribution < -0.4 is 16.4 Å². The molecule has 6 nitrogen and oxygen atoms in total. The number of carbonyl (C=O) groups excluding carboxylic acids is 2. The summed E-state index contributed by atoms with van der Waals surface area (Å²) in [5.41, 5.74) is 7.37. The van der Waals surface area contributed by atoms with E-state index < -0.39 is 11.3 Å². The van der Waals surface area contributed by atoms with Gasteiger partial charge in [-0.05, 0) is 43.2 Å². The van der Waals surface area contributed by atoms with Crippen molar-refractivity contribution in [3.63, 3.8) is 0 Å². The lowest BCUT2D eigenvalue weighted by atomic mass is 9.90. The van der Waals surface area contributed by atoms with Gasteiger partial charge in [0.1, 0.15) is 0 Å². The highest BCUT2D eigenvalue weighted by Crippen LogP contribution is 2.35. The van der Waals surface area contributed by atoms with E-state index in [0.29, 0.717) is 16.6 Å². The van der Waals surface area contributed by atoms with Gasteiger partial charge in [-0.1, -0.05) is 47.5 Å². The zero-order valence-corrected chi connectivity index (χ0v) is 18.3. The first-order valence-corrected chi connectivity index (χ1v) is 10.3. The Morgan fingerprint density at radius 1 is 1.10 bits per heavy atom. The number of nitrogens with one attached hydrogen (secondary N) is 3.